The number of amides is 1. The van der Waals surface area contributed by atoms with E-state index < -0.39 is 12.1 Å². The van der Waals surface area contributed by atoms with Crippen LogP contribution >= 0.6 is 0 Å². The van der Waals surface area contributed by atoms with Gasteiger partial charge in [0.25, 0.3) is 5.91 Å². The van der Waals surface area contributed by atoms with E-state index in [1.807, 2.05) is 13.1 Å². The number of ether oxygens (including phenoxy) is 2. The van der Waals surface area contributed by atoms with Gasteiger partial charge in [-0.25, -0.2) is 9.97 Å². The second-order valence-corrected chi connectivity index (χ2v) is 8.12. The normalized spacial score (nSPS) is 18.9. The number of anilines is 1. The molecule has 2 fully saturated rings. The van der Waals surface area contributed by atoms with E-state index in [1.165, 1.54) is 6.92 Å². The van der Waals surface area contributed by atoms with E-state index in [-0.39, 0.29) is 5.91 Å². The number of fused-ring (bicyclic) bond motifs is 1. The van der Waals surface area contributed by atoms with Crippen LogP contribution in [0.3, 0.4) is 0 Å². The van der Waals surface area contributed by atoms with Crippen LogP contribution in [0.1, 0.15) is 25.2 Å². The van der Waals surface area contributed by atoms with Crippen molar-refractivity contribution < 1.29 is 19.1 Å². The summed E-state index contributed by atoms with van der Waals surface area (Å²) in [5, 5.41) is 0. The van der Waals surface area contributed by atoms with Crippen LogP contribution < -0.4 is 4.90 Å². The fourth-order valence-corrected chi connectivity index (χ4v) is 4.13. The highest BCUT2D eigenvalue weighted by molar-refractivity contribution is 5.83. The number of aryl methyl sites for hydroxylation is 1. The fraction of sp³-hybridized carbons (Fsp3) is 0.619. The van der Waals surface area contributed by atoms with Gasteiger partial charge in [0, 0.05) is 65.1 Å². The number of esters is 1. The summed E-state index contributed by atoms with van der Waals surface area (Å²) in [4.78, 5) is 39.4. The molecule has 4 rings (SSSR count). The Labute approximate surface area is 181 Å². The molecule has 4 heterocycles. The highest BCUT2D eigenvalue weighted by Gasteiger charge is 2.27. The van der Waals surface area contributed by atoms with Gasteiger partial charge in [0.15, 0.2) is 17.6 Å². The number of carbonyl (C=O) groups excluding carboxylic acids is 2. The van der Waals surface area contributed by atoms with Gasteiger partial charge < -0.3 is 23.7 Å². The number of morpholine rings is 1. The number of hydrogen-bond acceptors (Lipinski definition) is 8. The van der Waals surface area contributed by atoms with E-state index in [9.17, 15) is 9.59 Å². The predicted octanol–water partition coefficient (Wildman–Crippen LogP) is 0.470. The van der Waals surface area contributed by atoms with Gasteiger partial charge in [0.2, 0.25) is 0 Å². The SMILES string of the molecule is CC(=O)OC(C)C(=O)N1CCN(Cc2cn3cc(C)nc(N4CCOCC4)c3n2)CC1. The van der Waals surface area contributed by atoms with Gasteiger partial charge in [-0.05, 0) is 13.8 Å². The van der Waals surface area contributed by atoms with Crippen molar-refractivity contribution >= 4 is 23.3 Å². The second-order valence-electron chi connectivity index (χ2n) is 8.12. The minimum atomic E-state index is -0.739. The van der Waals surface area contributed by atoms with E-state index in [1.54, 1.807) is 11.8 Å². The number of carbonyl (C=O) groups is 2. The van der Waals surface area contributed by atoms with Gasteiger partial charge in [-0.1, -0.05) is 0 Å². The van der Waals surface area contributed by atoms with E-state index in [0.29, 0.717) is 32.8 Å². The lowest BCUT2D eigenvalue weighted by molar-refractivity contribution is -0.158. The Morgan fingerprint density at radius 1 is 1.10 bits per heavy atom. The Bertz CT molecular complexity index is 947. The smallest absolute Gasteiger partial charge is 0.303 e. The Morgan fingerprint density at radius 2 is 1.81 bits per heavy atom. The summed E-state index contributed by atoms with van der Waals surface area (Å²) in [7, 11) is 0. The first-order valence-corrected chi connectivity index (χ1v) is 10.8. The molecule has 0 aromatic carbocycles. The second kappa shape index (κ2) is 9.19. The topological polar surface area (TPSA) is 92.5 Å². The van der Waals surface area contributed by atoms with Gasteiger partial charge in [-0.3, -0.25) is 14.5 Å². The van der Waals surface area contributed by atoms with Crippen LogP contribution in [0.25, 0.3) is 5.65 Å². The van der Waals surface area contributed by atoms with Crippen molar-refractivity contribution in [3.8, 4) is 0 Å². The summed E-state index contributed by atoms with van der Waals surface area (Å²) in [6, 6.07) is 0. The number of rotatable bonds is 5. The molecule has 0 saturated carbocycles. The molecular weight excluding hydrogens is 400 g/mol. The van der Waals surface area contributed by atoms with Crippen molar-refractivity contribution in [1.29, 1.82) is 0 Å². The van der Waals surface area contributed by atoms with Crippen LogP contribution in [0.2, 0.25) is 0 Å². The first kappa shape index (κ1) is 21.5. The molecule has 168 valence electrons. The average molecular weight is 431 g/mol. The van der Waals surface area contributed by atoms with Crippen molar-refractivity contribution in [1.82, 2.24) is 24.2 Å². The molecule has 10 nitrogen and oxygen atoms in total. The Balaban J connectivity index is 1.41. The molecule has 1 amide bonds. The maximum absolute atomic E-state index is 12.4. The van der Waals surface area contributed by atoms with Crippen LogP contribution in [0.5, 0.6) is 0 Å². The number of piperazine rings is 1. The molecule has 0 N–H and O–H groups in total. The van der Waals surface area contributed by atoms with Crippen LogP contribution in [0.4, 0.5) is 5.82 Å². The molecule has 31 heavy (non-hydrogen) atoms. The maximum Gasteiger partial charge on any atom is 0.303 e. The molecule has 2 aromatic heterocycles. The summed E-state index contributed by atoms with van der Waals surface area (Å²) in [6.45, 7) is 11.4. The van der Waals surface area contributed by atoms with Crippen molar-refractivity contribution in [2.45, 2.75) is 33.4 Å². The standard InChI is InChI=1S/C21H30N6O4/c1-15-12-27-14-18(23-20(27)19(22-15)25-8-10-30-11-9-25)13-24-4-6-26(7-5-24)21(29)16(2)31-17(3)28/h12,14,16H,4-11,13H2,1-3H3. The highest BCUT2D eigenvalue weighted by atomic mass is 16.5. The van der Waals surface area contributed by atoms with E-state index in [4.69, 9.17) is 19.4 Å². The molecule has 0 bridgehead atoms. The van der Waals surface area contributed by atoms with Gasteiger partial charge >= 0.3 is 5.97 Å². The average Bonchev–Trinajstić information content (AvgIpc) is 3.15. The maximum atomic E-state index is 12.4. The molecule has 1 unspecified atom stereocenters. The van der Waals surface area contributed by atoms with Crippen LogP contribution in [-0.4, -0.2) is 94.6 Å². The molecule has 0 spiro atoms. The zero-order valence-corrected chi connectivity index (χ0v) is 18.4. The number of nitrogens with zero attached hydrogens (tertiary/aromatic N) is 6. The van der Waals surface area contributed by atoms with E-state index in [0.717, 1.165) is 49.0 Å². The Morgan fingerprint density at radius 3 is 2.48 bits per heavy atom. The van der Waals surface area contributed by atoms with E-state index >= 15 is 0 Å². The third kappa shape index (κ3) is 4.96. The minimum absolute atomic E-state index is 0.140. The fourth-order valence-electron chi connectivity index (χ4n) is 4.13. The summed E-state index contributed by atoms with van der Waals surface area (Å²) in [5.74, 6) is 0.330. The van der Waals surface area contributed by atoms with Crippen LogP contribution in [0.15, 0.2) is 12.4 Å². The Hall–Kier alpha value is -2.72. The van der Waals surface area contributed by atoms with Gasteiger partial charge in [0.05, 0.1) is 24.6 Å². The quantitative estimate of drug-likeness (QED) is 0.632. The molecule has 2 aromatic rings. The van der Waals surface area contributed by atoms with Gasteiger partial charge in [0.1, 0.15) is 0 Å². The van der Waals surface area contributed by atoms with Crippen LogP contribution in [0, 0.1) is 6.92 Å². The lowest BCUT2D eigenvalue weighted by Crippen LogP contribution is -2.51. The lowest BCUT2D eigenvalue weighted by Gasteiger charge is -2.35. The third-order valence-electron chi connectivity index (χ3n) is 5.66. The van der Waals surface area contributed by atoms with Crippen molar-refractivity contribution in [2.24, 2.45) is 0 Å². The Kier molecular flexibility index (Phi) is 6.38. The first-order chi connectivity index (χ1) is 14.9. The largest absolute Gasteiger partial charge is 0.453 e. The van der Waals surface area contributed by atoms with Crippen LogP contribution in [-0.2, 0) is 25.6 Å². The van der Waals surface area contributed by atoms with Crippen molar-refractivity contribution in [3.05, 3.63) is 23.8 Å². The van der Waals surface area contributed by atoms with Gasteiger partial charge in [-0.2, -0.15) is 0 Å². The summed E-state index contributed by atoms with van der Waals surface area (Å²) in [5.41, 5.74) is 2.80. The molecule has 2 saturated heterocycles. The zero-order valence-electron chi connectivity index (χ0n) is 18.4. The molecule has 2 aliphatic heterocycles. The number of hydrogen-bond donors (Lipinski definition) is 0. The highest BCUT2D eigenvalue weighted by Crippen LogP contribution is 2.21. The summed E-state index contributed by atoms with van der Waals surface area (Å²) < 4.78 is 12.5. The molecular formula is C21H30N6O4. The van der Waals surface area contributed by atoms with Gasteiger partial charge in [-0.15, -0.1) is 0 Å². The number of imidazole rings is 1. The zero-order chi connectivity index (χ0) is 22.0. The third-order valence-corrected chi connectivity index (χ3v) is 5.66. The lowest BCUT2D eigenvalue weighted by atomic mass is 10.2. The number of aromatic nitrogens is 3. The molecule has 2 aliphatic rings. The predicted molar refractivity (Wildman–Crippen MR) is 114 cm³/mol. The van der Waals surface area contributed by atoms with E-state index in [2.05, 4.69) is 20.4 Å². The molecule has 1 atom stereocenters. The van der Waals surface area contributed by atoms with Crippen molar-refractivity contribution in [3.63, 3.8) is 0 Å². The minimum Gasteiger partial charge on any atom is -0.453 e. The molecule has 0 radical (unpaired) electrons. The first-order valence-electron chi connectivity index (χ1n) is 10.8. The molecule has 0 aliphatic carbocycles. The summed E-state index contributed by atoms with van der Waals surface area (Å²) in [6.07, 6.45) is 3.33. The molecule has 10 heteroatoms. The monoisotopic (exact) mass is 430 g/mol. The summed E-state index contributed by atoms with van der Waals surface area (Å²) >= 11 is 0. The van der Waals surface area contributed by atoms with Crippen molar-refractivity contribution in [2.75, 3.05) is 57.4 Å².